The van der Waals surface area contributed by atoms with E-state index in [1.54, 1.807) is 11.8 Å². The van der Waals surface area contributed by atoms with Crippen LogP contribution in [0.1, 0.15) is 34.7 Å². The number of para-hydroxylation sites is 4. The molecule has 0 N–H and O–H groups in total. The largest absolute Gasteiger partial charge is 0.278 e. The van der Waals surface area contributed by atoms with Gasteiger partial charge in [0, 0.05) is 25.0 Å². The highest BCUT2D eigenvalue weighted by molar-refractivity contribution is 7.99. The number of fused-ring (bicyclic) bond motifs is 7. The van der Waals surface area contributed by atoms with Crippen LogP contribution in [0.4, 0.5) is 0 Å². The van der Waals surface area contributed by atoms with Crippen LogP contribution in [0.2, 0.25) is 6.55 Å². The van der Waals surface area contributed by atoms with Crippen molar-refractivity contribution >= 4 is 63.2 Å². The van der Waals surface area contributed by atoms with E-state index in [1.807, 2.05) is 12.1 Å². The molecule has 3 nitrogen and oxygen atoms in total. The molecule has 0 bridgehead atoms. The van der Waals surface area contributed by atoms with E-state index in [0.717, 1.165) is 54.7 Å². The number of benzene rings is 7. The molecule has 0 fully saturated rings. The lowest BCUT2D eigenvalue weighted by atomic mass is 9.76. The van der Waals surface area contributed by atoms with Crippen LogP contribution in [0.25, 0.3) is 44.7 Å². The van der Waals surface area contributed by atoms with Crippen molar-refractivity contribution in [3.05, 3.63) is 180 Å². The van der Waals surface area contributed by atoms with E-state index in [4.69, 9.17) is 9.10 Å². The lowest BCUT2D eigenvalue weighted by molar-refractivity contribution is 0.608. The van der Waals surface area contributed by atoms with Crippen molar-refractivity contribution in [2.24, 2.45) is 0 Å². The van der Waals surface area contributed by atoms with Crippen molar-refractivity contribution in [1.82, 2.24) is 14.0 Å². The summed E-state index contributed by atoms with van der Waals surface area (Å²) in [6.45, 7) is 4.64. The third-order valence-corrected chi connectivity index (χ3v) is 17.1. The number of hydrogen-bond acceptors (Lipinski definition) is 2. The van der Waals surface area contributed by atoms with Gasteiger partial charge in [-0.25, -0.2) is 4.98 Å². The van der Waals surface area contributed by atoms with Gasteiger partial charge in [0.15, 0.2) is 0 Å². The predicted octanol–water partition coefficient (Wildman–Crippen LogP) is 10.3. The van der Waals surface area contributed by atoms with Crippen LogP contribution in [0, 0.1) is 6.85 Å². The summed E-state index contributed by atoms with van der Waals surface area (Å²) in [5.41, 5.74) is 9.63. The second-order valence-corrected chi connectivity index (χ2v) is 19.8. The van der Waals surface area contributed by atoms with Crippen LogP contribution >= 0.6 is 11.8 Å². The molecule has 0 amide bonds. The van der Waals surface area contributed by atoms with E-state index in [9.17, 15) is 0 Å². The average molecular weight is 721 g/mol. The molecule has 1 atom stereocenters. The van der Waals surface area contributed by atoms with Gasteiger partial charge in [0.1, 0.15) is 8.07 Å². The van der Waals surface area contributed by atoms with E-state index in [2.05, 4.69) is 181 Å². The van der Waals surface area contributed by atoms with Crippen molar-refractivity contribution in [2.45, 2.75) is 42.5 Å². The molecule has 2 aromatic heterocycles. The monoisotopic (exact) mass is 720 g/mol. The highest BCUT2D eigenvalue weighted by Crippen LogP contribution is 2.52. The lowest BCUT2D eigenvalue weighted by Crippen LogP contribution is -2.64. The molecular formula is C48H39N3SSi. The molecule has 0 saturated heterocycles. The number of aromatic nitrogens is 3. The molecule has 5 heteroatoms. The second kappa shape index (κ2) is 12.0. The van der Waals surface area contributed by atoms with Crippen molar-refractivity contribution in [1.29, 1.82) is 0 Å². The molecule has 53 heavy (non-hydrogen) atoms. The van der Waals surface area contributed by atoms with Crippen molar-refractivity contribution in [2.75, 3.05) is 0 Å². The first-order chi connectivity index (χ1) is 27.0. The van der Waals surface area contributed by atoms with Gasteiger partial charge >= 0.3 is 0 Å². The number of nitrogens with zero attached hydrogens (tertiary/aromatic N) is 3. The lowest BCUT2D eigenvalue weighted by Gasteiger charge is -2.36. The molecule has 1 aliphatic rings. The topological polar surface area (TPSA) is 22.2 Å². The summed E-state index contributed by atoms with van der Waals surface area (Å²) in [5.74, 6) is 0.868. The van der Waals surface area contributed by atoms with Gasteiger partial charge in [-0.2, -0.15) is 0 Å². The maximum atomic E-state index is 8.76. The zero-order valence-corrected chi connectivity index (χ0v) is 31.7. The van der Waals surface area contributed by atoms with Crippen LogP contribution in [-0.4, -0.2) is 22.0 Å². The van der Waals surface area contributed by atoms with Gasteiger partial charge in [-0.3, -0.25) is 8.97 Å². The number of aryl methyl sites for hydroxylation is 1. The standard InChI is InChI=1S/C48H39N3SSi/c1-32-28-29-36(31-38(32)37-20-15-22-40-46(37)52-45-27-13-8-21-39(45)48(40,2)3)53(4,34-17-6-5-7-18-34)35-19-14-16-33(30-35)50-43-25-11-12-26-44(43)51-42-24-10-9-23-41(42)49-47(50)51/h5-31H,1-4H3/i1D3. The zero-order chi connectivity index (χ0) is 38.4. The molecule has 9 aromatic rings. The Morgan fingerprint density at radius 3 is 2.13 bits per heavy atom. The highest BCUT2D eigenvalue weighted by Gasteiger charge is 2.37. The minimum Gasteiger partial charge on any atom is -0.278 e. The van der Waals surface area contributed by atoms with Gasteiger partial charge < -0.3 is 0 Å². The van der Waals surface area contributed by atoms with E-state index in [1.165, 1.54) is 26.4 Å². The molecule has 10 rings (SSSR count). The summed E-state index contributed by atoms with van der Waals surface area (Å²) >= 11 is 1.75. The van der Waals surface area contributed by atoms with Gasteiger partial charge in [0.25, 0.3) is 0 Å². The number of hydrogen-bond donors (Lipinski definition) is 0. The molecule has 1 aliphatic heterocycles. The van der Waals surface area contributed by atoms with Crippen LogP contribution in [-0.2, 0) is 5.41 Å². The molecule has 0 spiro atoms. The first-order valence-electron chi connectivity index (χ1n) is 19.6. The second-order valence-electron chi connectivity index (χ2n) is 14.8. The van der Waals surface area contributed by atoms with E-state index >= 15 is 0 Å². The molecule has 3 heterocycles. The Kier molecular flexibility index (Phi) is 6.52. The van der Waals surface area contributed by atoms with E-state index in [0.29, 0.717) is 5.56 Å². The van der Waals surface area contributed by atoms with Crippen molar-refractivity contribution in [3.8, 4) is 16.8 Å². The van der Waals surface area contributed by atoms with Gasteiger partial charge in [0.2, 0.25) is 5.78 Å². The summed E-state index contributed by atoms with van der Waals surface area (Å²) in [6.07, 6.45) is 0. The number of rotatable bonds is 5. The van der Waals surface area contributed by atoms with Crippen LogP contribution in [0.15, 0.2) is 174 Å². The molecular weight excluding hydrogens is 679 g/mol. The first kappa shape index (κ1) is 28.9. The Hall–Kier alpha value is -5.62. The summed E-state index contributed by atoms with van der Waals surface area (Å²) < 4.78 is 30.8. The van der Waals surface area contributed by atoms with Crippen LogP contribution in [0.5, 0.6) is 0 Å². The Morgan fingerprint density at radius 1 is 0.604 bits per heavy atom. The Balaban J connectivity index is 1.20. The van der Waals surface area contributed by atoms with Crippen LogP contribution < -0.4 is 15.6 Å². The first-order valence-corrected chi connectivity index (χ1v) is 21.5. The molecule has 0 radical (unpaired) electrons. The predicted molar refractivity (Wildman–Crippen MR) is 226 cm³/mol. The Labute approximate surface area is 319 Å². The third-order valence-electron chi connectivity index (χ3n) is 11.5. The van der Waals surface area contributed by atoms with Gasteiger partial charge in [-0.1, -0.05) is 153 Å². The minimum atomic E-state index is -2.79. The maximum Gasteiger partial charge on any atom is 0.220 e. The highest BCUT2D eigenvalue weighted by atomic mass is 32.2. The summed E-state index contributed by atoms with van der Waals surface area (Å²) in [6, 6.07) is 57.7. The van der Waals surface area contributed by atoms with Gasteiger partial charge in [0.05, 0.1) is 22.1 Å². The van der Waals surface area contributed by atoms with E-state index < -0.39 is 14.9 Å². The van der Waals surface area contributed by atoms with Gasteiger partial charge in [-0.15, -0.1) is 0 Å². The fraction of sp³-hybridized carbons (Fsp3) is 0.104. The normalized spacial score (nSPS) is 15.7. The van der Waals surface area contributed by atoms with Crippen molar-refractivity contribution in [3.63, 3.8) is 0 Å². The van der Waals surface area contributed by atoms with Crippen LogP contribution in [0.3, 0.4) is 0 Å². The molecule has 0 aliphatic carbocycles. The zero-order valence-electron chi connectivity index (χ0n) is 32.8. The Bertz CT molecular complexity index is 3000. The fourth-order valence-corrected chi connectivity index (χ4v) is 13.7. The SMILES string of the molecule is [2H]C([2H])([2H])c1ccc([Si](C)(c2ccccc2)c2cccc(-n3c4ccccc4n4c5ccccc5nc34)c2)cc1-c1cccc2c1Sc1ccccc1C2(C)C. The van der Waals surface area contributed by atoms with Gasteiger partial charge in [-0.05, 0) is 92.7 Å². The van der Waals surface area contributed by atoms with E-state index in [-0.39, 0.29) is 5.41 Å². The molecule has 1 unspecified atom stereocenters. The summed E-state index contributed by atoms with van der Waals surface area (Å²) in [7, 11) is -2.79. The molecule has 7 aromatic carbocycles. The Morgan fingerprint density at radius 2 is 1.28 bits per heavy atom. The quantitative estimate of drug-likeness (QED) is 0.130. The number of imidazole rings is 2. The summed E-state index contributed by atoms with van der Waals surface area (Å²) in [4.78, 5) is 7.49. The third kappa shape index (κ3) is 4.77. The maximum absolute atomic E-state index is 8.76. The fourth-order valence-electron chi connectivity index (χ4n) is 8.59. The van der Waals surface area contributed by atoms with Crippen molar-refractivity contribution < 1.29 is 4.11 Å². The summed E-state index contributed by atoms with van der Waals surface area (Å²) in [5, 5.41) is 3.62. The molecule has 256 valence electrons. The minimum absolute atomic E-state index is 0.243. The molecule has 0 saturated carbocycles. The average Bonchev–Trinajstić information content (AvgIpc) is 3.75. The smallest absolute Gasteiger partial charge is 0.220 e.